The summed E-state index contributed by atoms with van der Waals surface area (Å²) in [6, 6.07) is 22.5. The van der Waals surface area contributed by atoms with Gasteiger partial charge in [-0.2, -0.15) is 0 Å². The second kappa shape index (κ2) is 15.2. The van der Waals surface area contributed by atoms with E-state index in [1.54, 1.807) is 0 Å². The molecule has 2 heterocycles. The molecular formula is C32H33Cl2N5O2S2. The third kappa shape index (κ3) is 9.28. The summed E-state index contributed by atoms with van der Waals surface area (Å²) < 4.78 is 0.820. The molecule has 1 fully saturated rings. The third-order valence-electron chi connectivity index (χ3n) is 7.21. The number of nitrogens with one attached hydrogen (secondary N) is 2. The van der Waals surface area contributed by atoms with Crippen LogP contribution in [-0.4, -0.2) is 52.6 Å². The second-order valence-electron chi connectivity index (χ2n) is 10.5. The molecule has 5 rings (SSSR count). The number of halogens is 2. The van der Waals surface area contributed by atoms with Gasteiger partial charge in [-0.3, -0.25) is 14.5 Å². The van der Waals surface area contributed by atoms with Crippen LogP contribution >= 0.6 is 46.3 Å². The minimum Gasteiger partial charge on any atom is -0.353 e. The molecule has 4 aromatic rings. The van der Waals surface area contributed by atoms with E-state index >= 15 is 0 Å². The first-order valence-corrected chi connectivity index (χ1v) is 16.7. The fraction of sp³-hybridized carbons (Fsp3) is 0.281. The van der Waals surface area contributed by atoms with Crippen molar-refractivity contribution in [1.82, 2.24) is 15.2 Å². The average molecular weight is 655 g/mol. The average Bonchev–Trinajstić information content (AvgIpc) is 3.49. The lowest BCUT2D eigenvalue weighted by Crippen LogP contribution is -2.44. The molecule has 224 valence electrons. The standard InChI is InChI=1S/C32H33Cl2N5O2S2/c33-26-10-9-22(15-27(26)34)18-39-13-11-24(12-14-39)36-30(40)20-43-32-38-29(19-42-32)23-7-4-8-25(17-23)37-31(41)28(35)16-21-5-2-1-3-6-21/h1-10,15,17,19,24,28H,11-14,16,18,20,35H2,(H,36,40)(H,37,41). The molecule has 0 spiro atoms. The number of aromatic nitrogens is 1. The molecule has 0 radical (unpaired) electrons. The van der Waals surface area contributed by atoms with Crippen LogP contribution in [0.2, 0.25) is 10.0 Å². The molecule has 11 heteroatoms. The summed E-state index contributed by atoms with van der Waals surface area (Å²) in [5.41, 5.74) is 10.6. The van der Waals surface area contributed by atoms with Crippen LogP contribution in [0.25, 0.3) is 11.3 Å². The monoisotopic (exact) mass is 653 g/mol. The molecule has 1 saturated heterocycles. The number of nitrogens with zero attached hydrogens (tertiary/aromatic N) is 2. The number of carbonyl (C=O) groups excluding carboxylic acids is 2. The molecule has 3 aromatic carbocycles. The number of hydrogen-bond acceptors (Lipinski definition) is 7. The van der Waals surface area contributed by atoms with E-state index in [1.807, 2.05) is 78.2 Å². The van der Waals surface area contributed by atoms with E-state index in [1.165, 1.54) is 23.1 Å². The molecule has 7 nitrogen and oxygen atoms in total. The van der Waals surface area contributed by atoms with Crippen molar-refractivity contribution in [1.29, 1.82) is 0 Å². The van der Waals surface area contributed by atoms with Crippen molar-refractivity contribution in [3.05, 3.63) is 99.3 Å². The van der Waals surface area contributed by atoms with Crippen molar-refractivity contribution in [3.63, 3.8) is 0 Å². The summed E-state index contributed by atoms with van der Waals surface area (Å²) in [5.74, 6) is 0.0891. The number of nitrogens with two attached hydrogens (primary N) is 1. The van der Waals surface area contributed by atoms with E-state index in [0.717, 1.165) is 59.2 Å². The molecule has 1 atom stereocenters. The van der Waals surface area contributed by atoms with Gasteiger partial charge in [-0.25, -0.2) is 4.98 Å². The van der Waals surface area contributed by atoms with E-state index in [9.17, 15) is 9.59 Å². The van der Waals surface area contributed by atoms with Gasteiger partial charge in [0.25, 0.3) is 0 Å². The summed E-state index contributed by atoms with van der Waals surface area (Å²) in [4.78, 5) is 32.4. The van der Waals surface area contributed by atoms with E-state index in [0.29, 0.717) is 27.9 Å². The lowest BCUT2D eigenvalue weighted by molar-refractivity contribution is -0.119. The molecule has 1 aliphatic rings. The van der Waals surface area contributed by atoms with Gasteiger partial charge in [0.1, 0.15) is 0 Å². The summed E-state index contributed by atoms with van der Waals surface area (Å²) >= 11 is 15.1. The molecule has 43 heavy (non-hydrogen) atoms. The van der Waals surface area contributed by atoms with Gasteiger partial charge >= 0.3 is 0 Å². The van der Waals surface area contributed by atoms with Crippen LogP contribution in [0.1, 0.15) is 24.0 Å². The summed E-state index contributed by atoms with van der Waals surface area (Å²) in [6.45, 7) is 2.64. The smallest absolute Gasteiger partial charge is 0.241 e. The van der Waals surface area contributed by atoms with Crippen LogP contribution in [0.3, 0.4) is 0 Å². The normalized spacial score (nSPS) is 14.8. The highest BCUT2D eigenvalue weighted by atomic mass is 35.5. The molecule has 1 aromatic heterocycles. The van der Waals surface area contributed by atoms with Crippen LogP contribution in [0.4, 0.5) is 5.69 Å². The summed E-state index contributed by atoms with van der Waals surface area (Å²) in [6.07, 6.45) is 2.28. The lowest BCUT2D eigenvalue weighted by atomic mass is 10.0. The molecule has 4 N–H and O–H groups in total. The quantitative estimate of drug-likeness (QED) is 0.160. The molecule has 0 bridgehead atoms. The Kier molecular flexibility index (Phi) is 11.1. The van der Waals surface area contributed by atoms with Crippen molar-refractivity contribution in [3.8, 4) is 11.3 Å². The van der Waals surface area contributed by atoms with E-state index in [-0.39, 0.29) is 17.9 Å². The Morgan fingerprint density at radius 1 is 1.00 bits per heavy atom. The number of carbonyl (C=O) groups is 2. The van der Waals surface area contributed by atoms with Crippen molar-refractivity contribution < 1.29 is 9.59 Å². The van der Waals surface area contributed by atoms with Crippen LogP contribution in [0.5, 0.6) is 0 Å². The minimum absolute atomic E-state index is 0.0150. The van der Waals surface area contributed by atoms with Gasteiger partial charge in [0, 0.05) is 42.3 Å². The highest BCUT2D eigenvalue weighted by Gasteiger charge is 2.21. The first-order valence-electron chi connectivity index (χ1n) is 14.1. The maximum absolute atomic E-state index is 12.7. The fourth-order valence-corrected chi connectivity index (χ4v) is 6.90. The molecule has 1 aliphatic heterocycles. The molecule has 0 aliphatic carbocycles. The van der Waals surface area contributed by atoms with E-state index in [2.05, 4.69) is 15.5 Å². The number of benzene rings is 3. The number of thioether (sulfide) groups is 1. The van der Waals surface area contributed by atoms with Crippen LogP contribution in [0.15, 0.2) is 82.5 Å². The zero-order valence-electron chi connectivity index (χ0n) is 23.5. The molecule has 1 unspecified atom stereocenters. The van der Waals surface area contributed by atoms with Gasteiger partial charge in [-0.05, 0) is 54.7 Å². The minimum atomic E-state index is -0.652. The van der Waals surface area contributed by atoms with Crippen LogP contribution < -0.4 is 16.4 Å². The number of thiazole rings is 1. The van der Waals surface area contributed by atoms with Crippen LogP contribution in [-0.2, 0) is 22.6 Å². The summed E-state index contributed by atoms with van der Waals surface area (Å²) in [7, 11) is 0. The number of anilines is 1. The fourth-order valence-electron chi connectivity index (χ4n) is 4.94. The number of amides is 2. The van der Waals surface area contributed by atoms with Crippen LogP contribution in [0, 0.1) is 0 Å². The number of rotatable bonds is 11. The van der Waals surface area contributed by atoms with E-state index in [4.69, 9.17) is 33.9 Å². The topological polar surface area (TPSA) is 100 Å². The van der Waals surface area contributed by atoms with E-state index < -0.39 is 6.04 Å². The van der Waals surface area contributed by atoms with Gasteiger partial charge < -0.3 is 16.4 Å². The zero-order chi connectivity index (χ0) is 30.2. The van der Waals surface area contributed by atoms with Crippen molar-refractivity contribution >= 4 is 63.8 Å². The third-order valence-corrected chi connectivity index (χ3v) is 9.97. The predicted molar refractivity (Wildman–Crippen MR) is 178 cm³/mol. The Bertz CT molecular complexity index is 1540. The Labute approximate surface area is 270 Å². The largest absolute Gasteiger partial charge is 0.353 e. The Morgan fingerprint density at radius 2 is 1.79 bits per heavy atom. The van der Waals surface area contributed by atoms with Crippen molar-refractivity contribution in [2.75, 3.05) is 24.2 Å². The van der Waals surface area contributed by atoms with Gasteiger partial charge in [-0.15, -0.1) is 11.3 Å². The summed E-state index contributed by atoms with van der Waals surface area (Å²) in [5, 5.41) is 9.20. The highest BCUT2D eigenvalue weighted by Crippen LogP contribution is 2.30. The zero-order valence-corrected chi connectivity index (χ0v) is 26.6. The Morgan fingerprint density at radius 3 is 2.56 bits per heavy atom. The molecular weight excluding hydrogens is 621 g/mol. The maximum Gasteiger partial charge on any atom is 0.241 e. The first kappa shape index (κ1) is 31.5. The number of hydrogen-bond donors (Lipinski definition) is 3. The first-order chi connectivity index (χ1) is 20.8. The molecule has 0 saturated carbocycles. The van der Waals surface area contributed by atoms with Gasteiger partial charge in [0.2, 0.25) is 11.8 Å². The lowest BCUT2D eigenvalue weighted by Gasteiger charge is -2.32. The number of likely N-dealkylation sites (tertiary alicyclic amines) is 1. The Balaban J connectivity index is 1.05. The van der Waals surface area contributed by atoms with Gasteiger partial charge in [0.05, 0.1) is 27.5 Å². The second-order valence-corrected chi connectivity index (χ2v) is 13.4. The maximum atomic E-state index is 12.7. The van der Waals surface area contributed by atoms with Gasteiger partial charge in [0.15, 0.2) is 4.34 Å². The predicted octanol–water partition coefficient (Wildman–Crippen LogP) is 6.50. The number of piperidine rings is 1. The highest BCUT2D eigenvalue weighted by molar-refractivity contribution is 8.01. The molecule has 2 amide bonds. The van der Waals surface area contributed by atoms with Gasteiger partial charge in [-0.1, -0.05) is 83.5 Å². The SMILES string of the molecule is NC(Cc1ccccc1)C(=O)Nc1cccc(-c2csc(SCC(=O)NC3CCN(Cc4ccc(Cl)c(Cl)c4)CC3)n2)c1. The van der Waals surface area contributed by atoms with Crippen molar-refractivity contribution in [2.24, 2.45) is 5.73 Å². The Hall–Kier alpha value is -2.92. The van der Waals surface area contributed by atoms with Crippen molar-refractivity contribution in [2.45, 2.75) is 42.2 Å².